The molecule has 0 aliphatic carbocycles. The van der Waals surface area contributed by atoms with Gasteiger partial charge in [0, 0.05) is 45.0 Å². The average molecular weight is 359 g/mol. The van der Waals surface area contributed by atoms with E-state index in [1.807, 2.05) is 25.4 Å². The molecule has 0 saturated heterocycles. The Morgan fingerprint density at radius 1 is 1.35 bits per heavy atom. The van der Waals surface area contributed by atoms with Gasteiger partial charge in [0.15, 0.2) is 11.6 Å². The van der Waals surface area contributed by atoms with Crippen molar-refractivity contribution in [3.05, 3.63) is 53.5 Å². The molecule has 1 aliphatic rings. The second-order valence-electron chi connectivity index (χ2n) is 6.52. The fourth-order valence-corrected chi connectivity index (χ4v) is 3.11. The molecule has 1 N–H and O–H groups in total. The first-order valence-corrected chi connectivity index (χ1v) is 8.98. The summed E-state index contributed by atoms with van der Waals surface area (Å²) in [6, 6.07) is 9.28. The van der Waals surface area contributed by atoms with Crippen LogP contribution in [-0.2, 0) is 11.3 Å². The van der Waals surface area contributed by atoms with Crippen LogP contribution in [0.4, 0.5) is 10.2 Å². The molecule has 0 fully saturated rings. The number of benzene rings is 1. The van der Waals surface area contributed by atoms with Gasteiger partial charge in [0.25, 0.3) is 0 Å². The number of para-hydroxylation sites is 1. The number of methoxy groups -OCH3 is 1. The third-order valence-corrected chi connectivity index (χ3v) is 4.64. The van der Waals surface area contributed by atoms with Crippen molar-refractivity contribution < 1.29 is 13.9 Å². The molecular weight excluding hydrogens is 333 g/mol. The summed E-state index contributed by atoms with van der Waals surface area (Å²) in [5.74, 6) is 1.01. The molecule has 0 radical (unpaired) electrons. The van der Waals surface area contributed by atoms with Gasteiger partial charge >= 0.3 is 0 Å². The number of halogens is 1. The van der Waals surface area contributed by atoms with Crippen LogP contribution in [0.1, 0.15) is 30.0 Å². The number of aromatic nitrogens is 1. The molecular formula is C20H26FN3O2. The molecule has 0 amide bonds. The maximum absolute atomic E-state index is 14.0. The van der Waals surface area contributed by atoms with Crippen LogP contribution in [0.15, 0.2) is 36.5 Å². The third kappa shape index (κ3) is 4.51. The zero-order chi connectivity index (χ0) is 18.4. The molecule has 0 saturated carbocycles. The highest BCUT2D eigenvalue weighted by atomic mass is 19.1. The Morgan fingerprint density at radius 3 is 3.00 bits per heavy atom. The van der Waals surface area contributed by atoms with Crippen LogP contribution < -0.4 is 15.0 Å². The maximum atomic E-state index is 14.0. The first kappa shape index (κ1) is 18.6. The lowest BCUT2D eigenvalue weighted by Crippen LogP contribution is -2.23. The van der Waals surface area contributed by atoms with Gasteiger partial charge in [0.1, 0.15) is 5.82 Å². The Morgan fingerprint density at radius 2 is 2.23 bits per heavy atom. The Hall–Kier alpha value is -2.18. The van der Waals surface area contributed by atoms with Crippen LogP contribution in [0.3, 0.4) is 0 Å². The number of nitrogens with one attached hydrogen (secondary N) is 1. The van der Waals surface area contributed by atoms with E-state index < -0.39 is 0 Å². The van der Waals surface area contributed by atoms with Crippen molar-refractivity contribution in [3.63, 3.8) is 0 Å². The molecule has 3 rings (SSSR count). The summed E-state index contributed by atoms with van der Waals surface area (Å²) in [6.07, 6.45) is 3.69. The zero-order valence-electron chi connectivity index (χ0n) is 15.4. The minimum Gasteiger partial charge on any atom is -0.490 e. The van der Waals surface area contributed by atoms with Gasteiger partial charge in [-0.2, -0.15) is 0 Å². The van der Waals surface area contributed by atoms with Gasteiger partial charge in [-0.3, -0.25) is 0 Å². The normalized spacial score (nSPS) is 16.5. The summed E-state index contributed by atoms with van der Waals surface area (Å²) in [4.78, 5) is 6.58. The minimum atomic E-state index is -0.290. The van der Waals surface area contributed by atoms with Crippen LogP contribution in [0.2, 0.25) is 0 Å². The summed E-state index contributed by atoms with van der Waals surface area (Å²) in [5, 5.41) is 3.52. The lowest BCUT2D eigenvalue weighted by Gasteiger charge is -2.20. The molecule has 1 aromatic heterocycles. The molecule has 1 aromatic carbocycles. The molecule has 1 atom stereocenters. The Labute approximate surface area is 154 Å². The number of pyridine rings is 1. The minimum absolute atomic E-state index is 0.0762. The van der Waals surface area contributed by atoms with Crippen molar-refractivity contribution in [3.8, 4) is 5.75 Å². The van der Waals surface area contributed by atoms with Crippen molar-refractivity contribution in [2.75, 3.05) is 38.8 Å². The monoisotopic (exact) mass is 359 g/mol. The van der Waals surface area contributed by atoms with E-state index in [9.17, 15) is 4.39 Å². The summed E-state index contributed by atoms with van der Waals surface area (Å²) in [5.41, 5.74) is 1.99. The smallest absolute Gasteiger partial charge is 0.165 e. The Kier molecular flexibility index (Phi) is 6.41. The molecule has 140 valence electrons. The van der Waals surface area contributed by atoms with Gasteiger partial charge in [-0.25, -0.2) is 9.37 Å². The highest BCUT2D eigenvalue weighted by molar-refractivity contribution is 5.39. The van der Waals surface area contributed by atoms with Gasteiger partial charge in [-0.05, 0) is 30.5 Å². The summed E-state index contributed by atoms with van der Waals surface area (Å²) in [6.45, 7) is 2.69. The van der Waals surface area contributed by atoms with Crippen LogP contribution >= 0.6 is 0 Å². The van der Waals surface area contributed by atoms with Crippen LogP contribution in [0.25, 0.3) is 0 Å². The Balaban J connectivity index is 1.63. The van der Waals surface area contributed by atoms with Crippen LogP contribution in [0.5, 0.6) is 5.75 Å². The summed E-state index contributed by atoms with van der Waals surface area (Å²) < 4.78 is 24.7. The van der Waals surface area contributed by atoms with E-state index in [0.717, 1.165) is 36.3 Å². The van der Waals surface area contributed by atoms with E-state index in [-0.39, 0.29) is 11.9 Å². The van der Waals surface area contributed by atoms with Crippen molar-refractivity contribution >= 4 is 5.82 Å². The van der Waals surface area contributed by atoms with Crippen molar-refractivity contribution in [2.45, 2.75) is 25.4 Å². The number of fused-ring (bicyclic) bond motifs is 1. The van der Waals surface area contributed by atoms with Gasteiger partial charge in [-0.1, -0.05) is 18.2 Å². The second-order valence-corrected chi connectivity index (χ2v) is 6.52. The lowest BCUT2D eigenvalue weighted by molar-refractivity contribution is 0.206. The number of nitrogens with zero attached hydrogens (tertiary/aromatic N) is 2. The van der Waals surface area contributed by atoms with Crippen molar-refractivity contribution in [1.29, 1.82) is 0 Å². The molecule has 26 heavy (non-hydrogen) atoms. The van der Waals surface area contributed by atoms with E-state index in [2.05, 4.69) is 21.3 Å². The second kappa shape index (κ2) is 8.96. The van der Waals surface area contributed by atoms with Crippen LogP contribution in [0, 0.1) is 5.82 Å². The van der Waals surface area contributed by atoms with Crippen molar-refractivity contribution in [1.82, 2.24) is 10.3 Å². The number of hydrogen-bond acceptors (Lipinski definition) is 5. The quantitative estimate of drug-likeness (QED) is 0.822. The highest BCUT2D eigenvalue weighted by Crippen LogP contribution is 2.33. The number of rotatable bonds is 7. The van der Waals surface area contributed by atoms with Crippen LogP contribution in [-0.4, -0.2) is 38.9 Å². The summed E-state index contributed by atoms with van der Waals surface area (Å²) in [7, 11) is 3.69. The largest absolute Gasteiger partial charge is 0.490 e. The van der Waals surface area contributed by atoms with Gasteiger partial charge in [0.2, 0.25) is 0 Å². The van der Waals surface area contributed by atoms with E-state index in [4.69, 9.17) is 9.47 Å². The molecule has 2 heterocycles. The van der Waals surface area contributed by atoms with E-state index >= 15 is 0 Å². The molecule has 1 aliphatic heterocycles. The molecule has 0 bridgehead atoms. The van der Waals surface area contributed by atoms with Crippen molar-refractivity contribution in [2.24, 2.45) is 0 Å². The summed E-state index contributed by atoms with van der Waals surface area (Å²) >= 11 is 0. The maximum Gasteiger partial charge on any atom is 0.165 e. The van der Waals surface area contributed by atoms with E-state index in [1.165, 1.54) is 6.07 Å². The molecule has 0 unspecified atom stereocenters. The Bertz CT molecular complexity index is 709. The number of anilines is 1. The molecule has 5 nitrogen and oxygen atoms in total. The lowest BCUT2D eigenvalue weighted by atomic mass is 10.0. The first-order chi connectivity index (χ1) is 12.7. The standard InChI is InChI=1S/C20H26FN3O2/c1-24(10-12-25-2)19-9-8-15(14-23-19)13-22-18-7-4-11-26-20-16(18)5-3-6-17(20)21/h3,5-6,8-9,14,18,22H,4,7,10-13H2,1-2H3/t18-/m1/s1. The fraction of sp³-hybridized carbons (Fsp3) is 0.450. The number of hydrogen-bond donors (Lipinski definition) is 1. The zero-order valence-corrected chi connectivity index (χ0v) is 15.4. The topological polar surface area (TPSA) is 46.6 Å². The third-order valence-electron chi connectivity index (χ3n) is 4.64. The molecule has 2 aromatic rings. The van der Waals surface area contributed by atoms with E-state index in [1.54, 1.807) is 13.2 Å². The van der Waals surface area contributed by atoms with Gasteiger partial charge in [-0.15, -0.1) is 0 Å². The number of likely N-dealkylation sites (N-methyl/N-ethyl adjacent to an activating group) is 1. The molecule has 0 spiro atoms. The predicted octanol–water partition coefficient (Wildman–Crippen LogP) is 3.31. The highest BCUT2D eigenvalue weighted by Gasteiger charge is 2.21. The fourth-order valence-electron chi connectivity index (χ4n) is 3.11. The SMILES string of the molecule is COCCN(C)c1ccc(CN[C@@H]2CCCOc3c(F)cccc32)cn1. The average Bonchev–Trinajstić information content (AvgIpc) is 2.88. The first-order valence-electron chi connectivity index (χ1n) is 8.98. The predicted molar refractivity (Wildman–Crippen MR) is 100 cm³/mol. The van der Waals surface area contributed by atoms with Gasteiger partial charge in [0.05, 0.1) is 13.2 Å². The van der Waals surface area contributed by atoms with Gasteiger partial charge < -0.3 is 19.7 Å². The molecule has 6 heteroatoms. The van der Waals surface area contributed by atoms with E-state index in [0.29, 0.717) is 25.5 Å². The number of ether oxygens (including phenoxy) is 2.